The maximum Gasteiger partial charge on any atom is 0.138 e. The zero-order valence-electron chi connectivity index (χ0n) is 12.6. The minimum absolute atomic E-state index is 0.715. The van der Waals surface area contributed by atoms with Gasteiger partial charge in [-0.3, -0.25) is 4.98 Å². The van der Waals surface area contributed by atoms with Crippen molar-refractivity contribution >= 4 is 38.6 Å². The van der Waals surface area contributed by atoms with E-state index in [9.17, 15) is 0 Å². The van der Waals surface area contributed by atoms with Gasteiger partial charge in [-0.25, -0.2) is 4.98 Å². The molecule has 0 aliphatic carbocycles. The molecule has 4 rings (SSSR count). The summed E-state index contributed by atoms with van der Waals surface area (Å²) in [6.45, 7) is 0. The van der Waals surface area contributed by atoms with Crippen LogP contribution < -0.4 is 0 Å². The second-order valence-corrected chi connectivity index (χ2v) is 6.90. The first-order valence-electron chi connectivity index (χ1n) is 7.53. The average molecular weight is 399 g/mol. The molecule has 0 aliphatic heterocycles. The molecule has 0 bridgehead atoms. The van der Waals surface area contributed by atoms with Crippen LogP contribution in [0.4, 0.5) is 0 Å². The van der Waals surface area contributed by atoms with E-state index in [1.54, 1.807) is 0 Å². The van der Waals surface area contributed by atoms with Crippen molar-refractivity contribution in [3.05, 3.63) is 81.5 Å². The summed E-state index contributed by atoms with van der Waals surface area (Å²) in [5.74, 6) is 0.826. The molecule has 2 heterocycles. The molecule has 0 aliphatic rings. The maximum absolute atomic E-state index is 5.96. The van der Waals surface area contributed by atoms with Crippen LogP contribution in [0.25, 0.3) is 22.4 Å². The summed E-state index contributed by atoms with van der Waals surface area (Å²) in [6.07, 6.45) is 2.57. The third-order valence-corrected chi connectivity index (χ3v) is 4.66. The highest BCUT2D eigenvalue weighted by molar-refractivity contribution is 9.10. The number of nitrogens with one attached hydrogen (secondary N) is 1. The minimum atomic E-state index is 0.715. The fraction of sp³-hybridized carbons (Fsp3) is 0.0526. The average Bonchev–Trinajstić information content (AvgIpc) is 3.03. The van der Waals surface area contributed by atoms with E-state index >= 15 is 0 Å². The van der Waals surface area contributed by atoms with E-state index in [4.69, 9.17) is 16.6 Å². The van der Waals surface area contributed by atoms with Crippen LogP contribution in [0.1, 0.15) is 11.3 Å². The Hall–Kier alpha value is -2.17. The van der Waals surface area contributed by atoms with E-state index < -0.39 is 0 Å². The molecule has 4 aromatic rings. The number of aromatic nitrogens is 3. The van der Waals surface area contributed by atoms with Crippen LogP contribution >= 0.6 is 27.5 Å². The molecule has 0 fully saturated rings. The Bertz CT molecular complexity index is 991. The molecule has 5 heteroatoms. The van der Waals surface area contributed by atoms with Gasteiger partial charge in [0, 0.05) is 27.7 Å². The van der Waals surface area contributed by atoms with Crippen LogP contribution in [-0.4, -0.2) is 15.0 Å². The van der Waals surface area contributed by atoms with Crippen molar-refractivity contribution in [1.82, 2.24) is 15.0 Å². The fourth-order valence-corrected chi connectivity index (χ4v) is 3.05. The number of nitrogens with zero attached hydrogens (tertiary/aromatic N) is 2. The van der Waals surface area contributed by atoms with Crippen LogP contribution in [0, 0.1) is 0 Å². The molecule has 2 aromatic heterocycles. The lowest BCUT2D eigenvalue weighted by atomic mass is 10.1. The number of aromatic amines is 1. The number of halogens is 2. The van der Waals surface area contributed by atoms with Gasteiger partial charge < -0.3 is 4.98 Å². The molecule has 1 N–H and O–H groups in total. The summed E-state index contributed by atoms with van der Waals surface area (Å²) >= 11 is 9.42. The Morgan fingerprint density at radius 1 is 0.958 bits per heavy atom. The molecule has 118 valence electrons. The van der Waals surface area contributed by atoms with Gasteiger partial charge in [0.15, 0.2) is 0 Å². The summed E-state index contributed by atoms with van der Waals surface area (Å²) in [4.78, 5) is 12.7. The molecular weight excluding hydrogens is 386 g/mol. The lowest BCUT2D eigenvalue weighted by molar-refractivity contribution is 1.09. The Balaban J connectivity index is 1.74. The second-order valence-electron chi connectivity index (χ2n) is 5.55. The fourth-order valence-electron chi connectivity index (χ4n) is 2.66. The number of benzene rings is 2. The molecule has 0 saturated heterocycles. The highest BCUT2D eigenvalue weighted by Gasteiger charge is 2.10. The Labute approximate surface area is 152 Å². The summed E-state index contributed by atoms with van der Waals surface area (Å²) in [5.41, 5.74) is 5.07. The zero-order valence-corrected chi connectivity index (χ0v) is 15.0. The number of hydrogen-bond donors (Lipinski definition) is 1. The molecule has 0 atom stereocenters. The Morgan fingerprint density at radius 2 is 1.71 bits per heavy atom. The van der Waals surface area contributed by atoms with Crippen molar-refractivity contribution < 1.29 is 0 Å². The topological polar surface area (TPSA) is 41.6 Å². The highest BCUT2D eigenvalue weighted by Crippen LogP contribution is 2.24. The smallest absolute Gasteiger partial charge is 0.138 e. The number of imidazole rings is 1. The van der Waals surface area contributed by atoms with Gasteiger partial charge in [-0.2, -0.15) is 0 Å². The van der Waals surface area contributed by atoms with Crippen molar-refractivity contribution in [2.75, 3.05) is 0 Å². The molecule has 3 nitrogen and oxygen atoms in total. The predicted octanol–water partition coefficient (Wildman–Crippen LogP) is 5.63. The van der Waals surface area contributed by atoms with Gasteiger partial charge >= 0.3 is 0 Å². The minimum Gasteiger partial charge on any atom is -0.338 e. The second kappa shape index (κ2) is 6.38. The summed E-state index contributed by atoms with van der Waals surface area (Å²) in [5, 5.41) is 0.715. The van der Waals surface area contributed by atoms with Gasteiger partial charge in [0.25, 0.3) is 0 Å². The maximum atomic E-state index is 5.96. The molecule has 0 unspecified atom stereocenters. The lowest BCUT2D eigenvalue weighted by Gasteiger charge is -2.02. The third-order valence-electron chi connectivity index (χ3n) is 3.88. The summed E-state index contributed by atoms with van der Waals surface area (Å²) in [7, 11) is 0. The van der Waals surface area contributed by atoms with E-state index in [0.29, 0.717) is 5.02 Å². The van der Waals surface area contributed by atoms with Crippen molar-refractivity contribution in [3.8, 4) is 11.4 Å². The van der Waals surface area contributed by atoms with Crippen LogP contribution in [-0.2, 0) is 6.42 Å². The molecule has 2 aromatic carbocycles. The number of fused-ring (bicyclic) bond motifs is 1. The number of pyridine rings is 1. The van der Waals surface area contributed by atoms with Gasteiger partial charge in [-0.05, 0) is 48.0 Å². The van der Waals surface area contributed by atoms with E-state index in [0.717, 1.165) is 39.0 Å². The van der Waals surface area contributed by atoms with E-state index in [1.807, 2.05) is 48.7 Å². The Kier molecular flexibility index (Phi) is 4.08. The molecular formula is C19H13BrClN3. The summed E-state index contributed by atoms with van der Waals surface area (Å²) in [6, 6.07) is 17.9. The van der Waals surface area contributed by atoms with E-state index in [-0.39, 0.29) is 0 Å². The monoisotopic (exact) mass is 397 g/mol. The van der Waals surface area contributed by atoms with Crippen LogP contribution in [0.3, 0.4) is 0 Å². The predicted molar refractivity (Wildman–Crippen MR) is 101 cm³/mol. The van der Waals surface area contributed by atoms with Gasteiger partial charge in [0.2, 0.25) is 0 Å². The molecule has 0 radical (unpaired) electrons. The van der Waals surface area contributed by atoms with Gasteiger partial charge in [-0.15, -0.1) is 0 Å². The third kappa shape index (κ3) is 3.07. The van der Waals surface area contributed by atoms with Gasteiger partial charge in [-0.1, -0.05) is 39.7 Å². The highest BCUT2D eigenvalue weighted by atomic mass is 79.9. The van der Waals surface area contributed by atoms with E-state index in [1.165, 1.54) is 5.56 Å². The van der Waals surface area contributed by atoms with Crippen molar-refractivity contribution in [1.29, 1.82) is 0 Å². The standard InChI is InChI=1S/C19H13BrClN3/c20-14-5-1-12(2-6-14)11-17-18-16(9-10-22-17)23-19(24-18)13-3-7-15(21)8-4-13/h1-10H,11H2,(H,23,24). The zero-order chi connectivity index (χ0) is 16.5. The van der Waals surface area contributed by atoms with Crippen molar-refractivity contribution in [2.24, 2.45) is 0 Å². The Morgan fingerprint density at radius 3 is 2.46 bits per heavy atom. The van der Waals surface area contributed by atoms with Crippen molar-refractivity contribution in [3.63, 3.8) is 0 Å². The number of rotatable bonds is 3. The molecule has 0 amide bonds. The normalized spacial score (nSPS) is 11.1. The first kappa shape index (κ1) is 15.4. The van der Waals surface area contributed by atoms with Crippen LogP contribution in [0.5, 0.6) is 0 Å². The molecule has 0 spiro atoms. The SMILES string of the molecule is Clc1ccc(-c2nc3c(Cc4ccc(Br)cc4)nccc3[nH]2)cc1. The number of H-pyrrole nitrogens is 1. The largest absolute Gasteiger partial charge is 0.338 e. The molecule has 24 heavy (non-hydrogen) atoms. The van der Waals surface area contributed by atoms with Crippen LogP contribution in [0.15, 0.2) is 65.3 Å². The number of hydrogen-bond acceptors (Lipinski definition) is 2. The first-order valence-corrected chi connectivity index (χ1v) is 8.70. The lowest BCUT2D eigenvalue weighted by Crippen LogP contribution is -1.93. The van der Waals surface area contributed by atoms with E-state index in [2.05, 4.69) is 38.0 Å². The molecule has 0 saturated carbocycles. The summed E-state index contributed by atoms with van der Waals surface area (Å²) < 4.78 is 1.07. The van der Waals surface area contributed by atoms with Crippen LogP contribution in [0.2, 0.25) is 5.02 Å². The van der Waals surface area contributed by atoms with Gasteiger partial charge in [0.1, 0.15) is 11.3 Å². The van der Waals surface area contributed by atoms with Crippen molar-refractivity contribution in [2.45, 2.75) is 6.42 Å². The first-order chi connectivity index (χ1) is 11.7. The quantitative estimate of drug-likeness (QED) is 0.486. The van der Waals surface area contributed by atoms with Gasteiger partial charge in [0.05, 0.1) is 11.2 Å².